The molecule has 0 spiro atoms. The minimum Gasteiger partial charge on any atom is -0.491 e. The lowest BCUT2D eigenvalue weighted by atomic mass is 10.1. The van der Waals surface area contributed by atoms with Gasteiger partial charge in [0.25, 0.3) is 5.91 Å². The summed E-state index contributed by atoms with van der Waals surface area (Å²) in [4.78, 5) is 12.0. The molecule has 0 aliphatic heterocycles. The number of amides is 1. The predicted molar refractivity (Wildman–Crippen MR) is 76.7 cm³/mol. The fraction of sp³-hybridized carbons (Fsp3) is 0.333. The SMILES string of the molecule is CC(C)Oc1ccccc1C(C)NC(=O)c1cn[nH]c1. The van der Waals surface area contributed by atoms with Crippen molar-refractivity contribution >= 4 is 5.91 Å². The summed E-state index contributed by atoms with van der Waals surface area (Å²) >= 11 is 0. The fourth-order valence-corrected chi connectivity index (χ4v) is 1.93. The standard InChI is InChI=1S/C15H19N3O2/c1-10(2)20-14-7-5-4-6-13(14)11(3)18-15(19)12-8-16-17-9-12/h4-11H,1-3H3,(H,16,17)(H,18,19). The number of carbonyl (C=O) groups excluding carboxylic acids is 1. The maximum Gasteiger partial charge on any atom is 0.254 e. The Morgan fingerprint density at radius 2 is 2.05 bits per heavy atom. The van der Waals surface area contributed by atoms with E-state index in [9.17, 15) is 4.79 Å². The largest absolute Gasteiger partial charge is 0.491 e. The highest BCUT2D eigenvalue weighted by Crippen LogP contribution is 2.25. The van der Waals surface area contributed by atoms with Gasteiger partial charge in [-0.05, 0) is 26.8 Å². The molecular formula is C15H19N3O2. The van der Waals surface area contributed by atoms with E-state index in [4.69, 9.17) is 4.74 Å². The van der Waals surface area contributed by atoms with Crippen LogP contribution in [0.1, 0.15) is 42.7 Å². The molecule has 2 rings (SSSR count). The molecule has 0 saturated carbocycles. The molecule has 2 aromatic rings. The van der Waals surface area contributed by atoms with Crippen LogP contribution in [-0.2, 0) is 0 Å². The Kier molecular flexibility index (Phi) is 4.40. The van der Waals surface area contributed by atoms with Gasteiger partial charge in [0, 0.05) is 11.8 Å². The van der Waals surface area contributed by atoms with E-state index >= 15 is 0 Å². The Morgan fingerprint density at radius 3 is 2.70 bits per heavy atom. The number of para-hydroxylation sites is 1. The Bertz CT molecular complexity index is 564. The molecule has 1 amide bonds. The molecule has 1 aromatic carbocycles. The Morgan fingerprint density at radius 1 is 1.30 bits per heavy atom. The number of rotatable bonds is 5. The number of nitrogens with zero attached hydrogens (tertiary/aromatic N) is 1. The lowest BCUT2D eigenvalue weighted by molar-refractivity contribution is 0.0939. The van der Waals surface area contributed by atoms with Crippen molar-refractivity contribution in [1.82, 2.24) is 15.5 Å². The number of benzene rings is 1. The predicted octanol–water partition coefficient (Wildman–Crippen LogP) is 2.69. The smallest absolute Gasteiger partial charge is 0.254 e. The lowest BCUT2D eigenvalue weighted by Gasteiger charge is -2.19. The summed E-state index contributed by atoms with van der Waals surface area (Å²) in [6, 6.07) is 7.58. The average Bonchev–Trinajstić information content (AvgIpc) is 2.92. The van der Waals surface area contributed by atoms with Crippen molar-refractivity contribution in [3.05, 3.63) is 47.8 Å². The lowest BCUT2D eigenvalue weighted by Crippen LogP contribution is -2.26. The van der Waals surface area contributed by atoms with Crippen LogP contribution in [0.4, 0.5) is 0 Å². The Hall–Kier alpha value is -2.30. The summed E-state index contributed by atoms with van der Waals surface area (Å²) in [5.74, 6) is 0.632. The number of H-pyrrole nitrogens is 1. The van der Waals surface area contributed by atoms with Crippen LogP contribution in [0, 0.1) is 0 Å². The van der Waals surface area contributed by atoms with Crippen molar-refractivity contribution in [3.63, 3.8) is 0 Å². The first-order chi connectivity index (χ1) is 9.58. The molecular weight excluding hydrogens is 254 g/mol. The highest BCUT2D eigenvalue weighted by Gasteiger charge is 2.16. The van der Waals surface area contributed by atoms with Gasteiger partial charge in [0.15, 0.2) is 0 Å². The molecule has 0 aliphatic rings. The van der Waals surface area contributed by atoms with Crippen LogP contribution >= 0.6 is 0 Å². The first-order valence-electron chi connectivity index (χ1n) is 6.63. The highest BCUT2D eigenvalue weighted by molar-refractivity contribution is 5.93. The molecule has 106 valence electrons. The molecule has 1 aromatic heterocycles. The molecule has 0 saturated heterocycles. The van der Waals surface area contributed by atoms with Gasteiger partial charge < -0.3 is 10.1 Å². The third kappa shape index (κ3) is 3.38. The average molecular weight is 273 g/mol. The van der Waals surface area contributed by atoms with Gasteiger partial charge in [0.05, 0.1) is 23.9 Å². The van der Waals surface area contributed by atoms with Crippen molar-refractivity contribution in [2.24, 2.45) is 0 Å². The van der Waals surface area contributed by atoms with Gasteiger partial charge in [-0.15, -0.1) is 0 Å². The van der Waals surface area contributed by atoms with Crippen molar-refractivity contribution in [2.45, 2.75) is 32.9 Å². The minimum atomic E-state index is -0.161. The number of aromatic nitrogens is 2. The summed E-state index contributed by atoms with van der Waals surface area (Å²) in [7, 11) is 0. The normalized spacial score (nSPS) is 12.2. The van der Waals surface area contributed by atoms with Crippen LogP contribution in [0.5, 0.6) is 5.75 Å². The van der Waals surface area contributed by atoms with Crippen LogP contribution in [0.3, 0.4) is 0 Å². The van der Waals surface area contributed by atoms with E-state index < -0.39 is 0 Å². The van der Waals surface area contributed by atoms with Gasteiger partial charge in [-0.3, -0.25) is 9.89 Å². The third-order valence-corrected chi connectivity index (χ3v) is 2.86. The molecule has 20 heavy (non-hydrogen) atoms. The van der Waals surface area contributed by atoms with Gasteiger partial charge in [-0.1, -0.05) is 18.2 Å². The first kappa shape index (κ1) is 14.1. The van der Waals surface area contributed by atoms with E-state index in [0.29, 0.717) is 5.56 Å². The van der Waals surface area contributed by atoms with E-state index in [0.717, 1.165) is 11.3 Å². The van der Waals surface area contributed by atoms with Crippen LogP contribution in [0.15, 0.2) is 36.7 Å². The van der Waals surface area contributed by atoms with Gasteiger partial charge in [-0.2, -0.15) is 5.10 Å². The maximum atomic E-state index is 12.0. The maximum absolute atomic E-state index is 12.0. The quantitative estimate of drug-likeness (QED) is 0.880. The number of carbonyl (C=O) groups is 1. The van der Waals surface area contributed by atoms with Crippen molar-refractivity contribution < 1.29 is 9.53 Å². The summed E-state index contributed by atoms with van der Waals surface area (Å²) in [6.07, 6.45) is 3.16. The summed E-state index contributed by atoms with van der Waals surface area (Å²) in [5, 5.41) is 9.33. The third-order valence-electron chi connectivity index (χ3n) is 2.86. The zero-order valence-electron chi connectivity index (χ0n) is 11.9. The molecule has 0 fully saturated rings. The van der Waals surface area contributed by atoms with Crippen LogP contribution in [-0.4, -0.2) is 22.2 Å². The molecule has 0 bridgehead atoms. The second-order valence-corrected chi connectivity index (χ2v) is 4.89. The van der Waals surface area contributed by atoms with Crippen LogP contribution in [0.25, 0.3) is 0 Å². The number of hydrogen-bond acceptors (Lipinski definition) is 3. The van der Waals surface area contributed by atoms with Crippen molar-refractivity contribution in [2.75, 3.05) is 0 Å². The topological polar surface area (TPSA) is 67.0 Å². The number of hydrogen-bond donors (Lipinski definition) is 2. The molecule has 1 atom stereocenters. The zero-order chi connectivity index (χ0) is 14.5. The highest BCUT2D eigenvalue weighted by atomic mass is 16.5. The first-order valence-corrected chi connectivity index (χ1v) is 6.63. The van der Waals surface area contributed by atoms with E-state index in [2.05, 4.69) is 15.5 Å². The number of ether oxygens (including phenoxy) is 1. The van der Waals surface area contributed by atoms with E-state index in [-0.39, 0.29) is 18.1 Å². The molecule has 1 unspecified atom stereocenters. The molecule has 2 N–H and O–H groups in total. The van der Waals surface area contributed by atoms with E-state index in [1.54, 1.807) is 6.20 Å². The van der Waals surface area contributed by atoms with Gasteiger partial charge >= 0.3 is 0 Å². The molecule has 5 heteroatoms. The molecule has 5 nitrogen and oxygen atoms in total. The number of nitrogens with one attached hydrogen (secondary N) is 2. The Balaban J connectivity index is 2.13. The van der Waals surface area contributed by atoms with Gasteiger partial charge in [0.2, 0.25) is 0 Å². The molecule has 0 radical (unpaired) electrons. The summed E-state index contributed by atoms with van der Waals surface area (Å²) in [5.41, 5.74) is 1.47. The Labute approximate surface area is 118 Å². The van der Waals surface area contributed by atoms with Gasteiger partial charge in [-0.25, -0.2) is 0 Å². The fourth-order valence-electron chi connectivity index (χ4n) is 1.93. The second-order valence-electron chi connectivity index (χ2n) is 4.89. The summed E-state index contributed by atoms with van der Waals surface area (Å²) < 4.78 is 5.77. The number of aromatic amines is 1. The van der Waals surface area contributed by atoms with Crippen LogP contribution < -0.4 is 10.1 Å². The van der Waals surface area contributed by atoms with E-state index in [1.807, 2.05) is 45.0 Å². The van der Waals surface area contributed by atoms with E-state index in [1.165, 1.54) is 6.20 Å². The van der Waals surface area contributed by atoms with Crippen molar-refractivity contribution in [1.29, 1.82) is 0 Å². The molecule has 0 aliphatic carbocycles. The van der Waals surface area contributed by atoms with Gasteiger partial charge in [0.1, 0.15) is 5.75 Å². The molecule has 1 heterocycles. The van der Waals surface area contributed by atoms with Crippen molar-refractivity contribution in [3.8, 4) is 5.75 Å². The van der Waals surface area contributed by atoms with Crippen LogP contribution in [0.2, 0.25) is 0 Å². The summed E-state index contributed by atoms with van der Waals surface area (Å²) in [6.45, 7) is 5.89. The monoisotopic (exact) mass is 273 g/mol. The second kappa shape index (κ2) is 6.23. The minimum absolute atomic E-state index is 0.0907. The zero-order valence-corrected chi connectivity index (χ0v) is 11.9.